The zero-order chi connectivity index (χ0) is 22.0. The summed E-state index contributed by atoms with van der Waals surface area (Å²) in [5.41, 5.74) is 1.63. The number of thiocarbonyl (C=S) groups is 1. The third-order valence-corrected chi connectivity index (χ3v) is 6.20. The Balaban J connectivity index is 1.69. The van der Waals surface area contributed by atoms with Crippen molar-refractivity contribution in [2.45, 2.75) is 18.5 Å². The van der Waals surface area contributed by atoms with Gasteiger partial charge >= 0.3 is 5.97 Å². The molecule has 0 aliphatic carbocycles. The fourth-order valence-corrected chi connectivity index (χ4v) is 4.22. The fraction of sp³-hybridized carbons (Fsp3) is 0.227. The number of carbonyl (C=O) groups excluding carboxylic acids is 1. The summed E-state index contributed by atoms with van der Waals surface area (Å²) in [6.45, 7) is 0.384. The van der Waals surface area contributed by atoms with Gasteiger partial charge in [-0.15, -0.1) is 0 Å². The molecule has 4 rings (SSSR count). The molecule has 0 unspecified atom stereocenters. The Labute approximate surface area is 195 Å². The normalized spacial score (nSPS) is 18.2. The first kappa shape index (κ1) is 21.6. The molecule has 0 bridgehead atoms. The summed E-state index contributed by atoms with van der Waals surface area (Å²) in [5.74, 6) is 1.03. The van der Waals surface area contributed by atoms with Crippen molar-refractivity contribution < 1.29 is 13.9 Å². The third kappa shape index (κ3) is 4.54. The van der Waals surface area contributed by atoms with Crippen molar-refractivity contribution in [2.75, 3.05) is 13.7 Å². The molecule has 0 spiro atoms. The number of esters is 1. The minimum atomic E-state index is -0.307. The quantitative estimate of drug-likeness (QED) is 0.388. The molecule has 2 atom stereocenters. The Hall–Kier alpha value is -2.61. The van der Waals surface area contributed by atoms with Crippen LogP contribution in [-0.2, 0) is 9.53 Å². The number of benzene rings is 1. The van der Waals surface area contributed by atoms with Gasteiger partial charge in [0.2, 0.25) is 0 Å². The van der Waals surface area contributed by atoms with Crippen LogP contribution in [-0.4, -0.2) is 34.6 Å². The van der Waals surface area contributed by atoms with E-state index in [0.717, 1.165) is 11.3 Å². The Morgan fingerprint density at radius 3 is 2.77 bits per heavy atom. The number of carbonyl (C=O) groups is 1. The van der Waals surface area contributed by atoms with Crippen LogP contribution in [0.1, 0.15) is 30.0 Å². The average Bonchev–Trinajstić information content (AvgIpc) is 3.39. The van der Waals surface area contributed by atoms with Crippen molar-refractivity contribution in [1.29, 1.82) is 0 Å². The van der Waals surface area contributed by atoms with Gasteiger partial charge in [-0.05, 0) is 54.7 Å². The fourth-order valence-electron chi connectivity index (χ4n) is 3.59. The van der Waals surface area contributed by atoms with E-state index in [1.54, 1.807) is 18.3 Å². The van der Waals surface area contributed by atoms with Gasteiger partial charge in [-0.3, -0.25) is 9.78 Å². The summed E-state index contributed by atoms with van der Waals surface area (Å²) in [6, 6.07) is 14.3. The number of hydrogen-bond donors (Lipinski definition) is 1. The summed E-state index contributed by atoms with van der Waals surface area (Å²) in [4.78, 5) is 18.2. The maximum atomic E-state index is 11.7. The highest BCUT2D eigenvalue weighted by molar-refractivity contribution is 7.80. The first-order valence-electron chi connectivity index (χ1n) is 9.58. The van der Waals surface area contributed by atoms with E-state index in [9.17, 15) is 4.79 Å². The first-order valence-corrected chi connectivity index (χ1v) is 10.7. The second-order valence-electron chi connectivity index (χ2n) is 6.98. The number of rotatable bonds is 6. The predicted octanol–water partition coefficient (Wildman–Crippen LogP) is 5.18. The molecular formula is C22H19Cl2N3O3S. The smallest absolute Gasteiger partial charge is 0.307 e. The van der Waals surface area contributed by atoms with Crippen LogP contribution in [0, 0.1) is 0 Å². The second-order valence-corrected chi connectivity index (χ2v) is 8.18. The lowest BCUT2D eigenvalue weighted by Gasteiger charge is -2.25. The summed E-state index contributed by atoms with van der Waals surface area (Å²) in [6.07, 6.45) is 1.93. The molecular weight excluding hydrogens is 457 g/mol. The highest BCUT2D eigenvalue weighted by atomic mass is 35.5. The largest absolute Gasteiger partial charge is 0.469 e. The lowest BCUT2D eigenvalue weighted by molar-refractivity contribution is -0.140. The van der Waals surface area contributed by atoms with Crippen LogP contribution in [0.5, 0.6) is 0 Å². The molecule has 1 aliphatic heterocycles. The van der Waals surface area contributed by atoms with Crippen LogP contribution in [0.2, 0.25) is 10.0 Å². The number of nitrogens with one attached hydrogen (secondary N) is 1. The summed E-state index contributed by atoms with van der Waals surface area (Å²) >= 11 is 17.8. The molecule has 6 nitrogen and oxygen atoms in total. The zero-order valence-corrected chi connectivity index (χ0v) is 18.9. The molecule has 160 valence electrons. The van der Waals surface area contributed by atoms with Gasteiger partial charge in [-0.1, -0.05) is 29.3 Å². The van der Waals surface area contributed by atoms with E-state index >= 15 is 0 Å². The minimum absolute atomic E-state index is 0.199. The Morgan fingerprint density at radius 1 is 1.23 bits per heavy atom. The summed E-state index contributed by atoms with van der Waals surface area (Å²) in [5, 5.41) is 4.77. The molecule has 1 aromatic carbocycles. The Kier molecular flexibility index (Phi) is 6.46. The van der Waals surface area contributed by atoms with Gasteiger partial charge in [-0.2, -0.15) is 0 Å². The van der Waals surface area contributed by atoms with Gasteiger partial charge in [-0.25, -0.2) is 0 Å². The Morgan fingerprint density at radius 2 is 2.06 bits per heavy atom. The van der Waals surface area contributed by atoms with Crippen molar-refractivity contribution in [2.24, 2.45) is 0 Å². The maximum absolute atomic E-state index is 11.7. The lowest BCUT2D eigenvalue weighted by atomic mass is 10.0. The lowest BCUT2D eigenvalue weighted by Crippen LogP contribution is -2.31. The third-order valence-electron chi connectivity index (χ3n) is 5.10. The van der Waals surface area contributed by atoms with E-state index in [4.69, 9.17) is 44.6 Å². The molecule has 1 N–H and O–H groups in total. The molecule has 31 heavy (non-hydrogen) atoms. The van der Waals surface area contributed by atoms with Crippen LogP contribution in [0.15, 0.2) is 59.1 Å². The molecule has 2 aromatic heterocycles. The van der Waals surface area contributed by atoms with Gasteiger partial charge < -0.3 is 19.4 Å². The Bertz CT molecular complexity index is 1110. The number of furan rings is 1. The van der Waals surface area contributed by atoms with E-state index < -0.39 is 0 Å². The van der Waals surface area contributed by atoms with Crippen molar-refractivity contribution in [3.05, 3.63) is 76.2 Å². The molecule has 1 aliphatic rings. The van der Waals surface area contributed by atoms with E-state index in [2.05, 4.69) is 10.3 Å². The predicted molar refractivity (Wildman–Crippen MR) is 123 cm³/mol. The standard InChI is InChI=1S/C22H19Cl2N3O3S/c1-29-19(28)9-11-27-21(20(26-22(27)31)16-4-2-3-10-25-16)18-8-7-17(30-18)13-5-6-14(23)15(24)12-13/h2-8,10,12,20-21H,9,11H2,1H3,(H,26,31)/t20-,21+/m0/s1. The monoisotopic (exact) mass is 475 g/mol. The van der Waals surface area contributed by atoms with Crippen LogP contribution in [0.3, 0.4) is 0 Å². The molecule has 1 saturated heterocycles. The SMILES string of the molecule is COC(=O)CCN1C(=S)N[C@@H](c2ccccn2)[C@H]1c1ccc(-c2ccc(Cl)c(Cl)c2)o1. The van der Waals surface area contributed by atoms with Crippen LogP contribution < -0.4 is 5.32 Å². The van der Waals surface area contributed by atoms with Gasteiger partial charge in [0, 0.05) is 18.3 Å². The number of nitrogens with zero attached hydrogens (tertiary/aromatic N) is 2. The van der Waals surface area contributed by atoms with E-state index in [1.165, 1.54) is 7.11 Å². The molecule has 1 fully saturated rings. The molecule has 3 aromatic rings. The molecule has 3 heterocycles. The highest BCUT2D eigenvalue weighted by Gasteiger charge is 2.41. The van der Waals surface area contributed by atoms with Crippen LogP contribution >= 0.6 is 35.4 Å². The number of methoxy groups -OCH3 is 1. The molecule has 0 saturated carbocycles. The van der Waals surface area contributed by atoms with Gasteiger partial charge in [0.25, 0.3) is 0 Å². The maximum Gasteiger partial charge on any atom is 0.307 e. The van der Waals surface area contributed by atoms with Gasteiger partial charge in [0.1, 0.15) is 17.6 Å². The number of pyridine rings is 1. The number of hydrogen-bond acceptors (Lipinski definition) is 5. The molecule has 0 amide bonds. The number of aromatic nitrogens is 1. The van der Waals surface area contributed by atoms with Gasteiger partial charge in [0.15, 0.2) is 5.11 Å². The topological polar surface area (TPSA) is 67.6 Å². The van der Waals surface area contributed by atoms with Crippen molar-refractivity contribution in [3.63, 3.8) is 0 Å². The first-order chi connectivity index (χ1) is 15.0. The van der Waals surface area contributed by atoms with Crippen LogP contribution in [0.4, 0.5) is 0 Å². The van der Waals surface area contributed by atoms with E-state index in [-0.39, 0.29) is 24.5 Å². The van der Waals surface area contributed by atoms with Crippen molar-refractivity contribution >= 4 is 46.5 Å². The number of halogens is 2. The zero-order valence-electron chi connectivity index (χ0n) is 16.5. The van der Waals surface area contributed by atoms with Crippen LogP contribution in [0.25, 0.3) is 11.3 Å². The minimum Gasteiger partial charge on any atom is -0.469 e. The van der Waals surface area contributed by atoms with E-state index in [1.807, 2.05) is 41.3 Å². The summed E-state index contributed by atoms with van der Waals surface area (Å²) in [7, 11) is 1.37. The summed E-state index contributed by atoms with van der Waals surface area (Å²) < 4.78 is 11.0. The highest BCUT2D eigenvalue weighted by Crippen LogP contribution is 2.41. The number of ether oxygens (including phenoxy) is 1. The molecule has 0 radical (unpaired) electrons. The molecule has 9 heteroatoms. The van der Waals surface area contributed by atoms with Gasteiger partial charge in [0.05, 0.1) is 35.3 Å². The van der Waals surface area contributed by atoms with Crippen molar-refractivity contribution in [1.82, 2.24) is 15.2 Å². The van der Waals surface area contributed by atoms with E-state index in [0.29, 0.717) is 33.2 Å². The second kappa shape index (κ2) is 9.26. The van der Waals surface area contributed by atoms with Crippen molar-refractivity contribution in [3.8, 4) is 11.3 Å². The average molecular weight is 476 g/mol.